The molecule has 0 unspecified atom stereocenters. The molecule has 3 heteroatoms. The zero-order chi connectivity index (χ0) is 17.1. The predicted molar refractivity (Wildman–Crippen MR) is 94.3 cm³/mol. The average Bonchev–Trinajstić information content (AvgIpc) is 2.92. The molecule has 138 valence electrons. The summed E-state index contributed by atoms with van der Waals surface area (Å²) in [5.41, 5.74) is 0.651. The lowest BCUT2D eigenvalue weighted by atomic mass is 9.44. The van der Waals surface area contributed by atoms with Gasteiger partial charge in [-0.3, -0.25) is 0 Å². The van der Waals surface area contributed by atoms with E-state index in [1.165, 1.54) is 38.5 Å². The molecule has 4 rings (SSSR count). The first-order chi connectivity index (χ1) is 11.4. The lowest BCUT2D eigenvalue weighted by Gasteiger charge is -2.61. The topological polar surface area (TPSA) is 60.7 Å². The Kier molecular flexibility index (Phi) is 4.29. The first-order valence-corrected chi connectivity index (χ1v) is 10.4. The third-order valence-electron chi connectivity index (χ3n) is 9.36. The minimum Gasteiger partial charge on any atom is -0.394 e. The Balaban J connectivity index is 1.59. The van der Waals surface area contributed by atoms with Gasteiger partial charge in [0.15, 0.2) is 0 Å². The van der Waals surface area contributed by atoms with Gasteiger partial charge in [0.2, 0.25) is 0 Å². The molecule has 0 spiro atoms. The first-order valence-electron chi connectivity index (χ1n) is 10.4. The fraction of sp³-hybridized carbons (Fsp3) is 1.00. The molecule has 4 aliphatic carbocycles. The Morgan fingerprint density at radius 1 is 0.917 bits per heavy atom. The predicted octanol–water partition coefficient (Wildman–Crippen LogP) is 3.36. The van der Waals surface area contributed by atoms with Crippen LogP contribution >= 0.6 is 0 Å². The van der Waals surface area contributed by atoms with Crippen LogP contribution in [-0.2, 0) is 0 Å². The molecule has 0 saturated heterocycles. The smallest absolute Gasteiger partial charge is 0.0804 e. The monoisotopic (exact) mass is 336 g/mol. The normalized spacial score (nSPS) is 55.4. The molecule has 0 heterocycles. The molecule has 0 amide bonds. The van der Waals surface area contributed by atoms with Crippen LogP contribution in [0.5, 0.6) is 0 Å². The maximum Gasteiger partial charge on any atom is 0.0804 e. The molecule has 0 radical (unpaired) electrons. The van der Waals surface area contributed by atoms with Gasteiger partial charge < -0.3 is 15.3 Å². The van der Waals surface area contributed by atoms with Crippen LogP contribution in [0.25, 0.3) is 0 Å². The molecule has 4 fully saturated rings. The van der Waals surface area contributed by atoms with Crippen LogP contribution in [0.3, 0.4) is 0 Å². The number of rotatable bonds is 2. The van der Waals surface area contributed by atoms with Gasteiger partial charge in [-0.05, 0) is 98.2 Å². The first kappa shape index (κ1) is 17.3. The molecule has 0 aromatic carbocycles. The maximum absolute atomic E-state index is 10.3. The van der Waals surface area contributed by atoms with Crippen LogP contribution in [-0.4, -0.2) is 34.1 Å². The van der Waals surface area contributed by atoms with E-state index in [-0.39, 0.29) is 24.0 Å². The fourth-order valence-electron chi connectivity index (χ4n) is 8.04. The largest absolute Gasteiger partial charge is 0.394 e. The second-order valence-electron chi connectivity index (χ2n) is 10.1. The van der Waals surface area contributed by atoms with Gasteiger partial charge in [-0.25, -0.2) is 0 Å². The van der Waals surface area contributed by atoms with Gasteiger partial charge >= 0.3 is 0 Å². The van der Waals surface area contributed by atoms with Crippen LogP contribution in [0.15, 0.2) is 0 Å². The number of aliphatic hydroxyl groups excluding tert-OH is 3. The standard InChI is InChI=1S/C21H36O3/c1-20-9-7-14(23)11-13(20)3-4-15-16-5-6-18(19(24)12-22)21(16,2)10-8-17(15)20/h13-19,22-24H,3-12H2,1-2H3/t13-,14-,15+,16+,17+,18-,19+,20-,21+/m0/s1. The minimum absolute atomic E-state index is 0.0657. The zero-order valence-corrected chi connectivity index (χ0v) is 15.5. The van der Waals surface area contributed by atoms with Gasteiger partial charge in [-0.2, -0.15) is 0 Å². The highest BCUT2D eigenvalue weighted by atomic mass is 16.3. The quantitative estimate of drug-likeness (QED) is 0.724. The second kappa shape index (κ2) is 5.96. The fourth-order valence-corrected chi connectivity index (χ4v) is 8.04. The van der Waals surface area contributed by atoms with Gasteiger partial charge in [-0.15, -0.1) is 0 Å². The molecule has 0 aromatic heterocycles. The van der Waals surface area contributed by atoms with Crippen molar-refractivity contribution in [2.45, 2.75) is 83.8 Å². The molecule has 24 heavy (non-hydrogen) atoms. The summed E-state index contributed by atoms with van der Waals surface area (Å²) in [5, 5.41) is 29.9. The molecule has 4 aliphatic rings. The number of aliphatic hydroxyl groups is 3. The number of hydrogen-bond donors (Lipinski definition) is 3. The Labute approximate surface area is 146 Å². The van der Waals surface area contributed by atoms with E-state index < -0.39 is 6.10 Å². The van der Waals surface area contributed by atoms with Crippen molar-refractivity contribution in [2.24, 2.45) is 40.4 Å². The van der Waals surface area contributed by atoms with Crippen molar-refractivity contribution in [3.8, 4) is 0 Å². The summed E-state index contributed by atoms with van der Waals surface area (Å²) < 4.78 is 0. The van der Waals surface area contributed by atoms with Crippen molar-refractivity contribution in [1.29, 1.82) is 0 Å². The Morgan fingerprint density at radius 3 is 2.38 bits per heavy atom. The van der Waals surface area contributed by atoms with E-state index in [4.69, 9.17) is 0 Å². The Bertz CT molecular complexity index is 480. The Morgan fingerprint density at radius 2 is 1.62 bits per heavy atom. The van der Waals surface area contributed by atoms with Crippen molar-refractivity contribution in [2.75, 3.05) is 6.61 Å². The number of fused-ring (bicyclic) bond motifs is 5. The van der Waals surface area contributed by atoms with E-state index in [1.54, 1.807) is 0 Å². The van der Waals surface area contributed by atoms with E-state index in [9.17, 15) is 15.3 Å². The lowest BCUT2D eigenvalue weighted by Crippen LogP contribution is -2.54. The second-order valence-corrected chi connectivity index (χ2v) is 10.1. The summed E-state index contributed by atoms with van der Waals surface area (Å²) >= 11 is 0. The third-order valence-corrected chi connectivity index (χ3v) is 9.36. The molecule has 3 N–H and O–H groups in total. The SMILES string of the molecule is C[C@]12CC[C@H](O)C[C@@H]1CC[C@H]1[C@H]2CC[C@]2(C)[C@@H]1CC[C@H]2[C@H](O)CO. The highest BCUT2D eigenvalue weighted by Crippen LogP contribution is 2.67. The summed E-state index contributed by atoms with van der Waals surface area (Å²) in [6.07, 6.45) is 10.0. The molecule has 4 saturated carbocycles. The molecule has 9 atom stereocenters. The third kappa shape index (κ3) is 2.34. The van der Waals surface area contributed by atoms with Gasteiger partial charge in [-0.1, -0.05) is 13.8 Å². The summed E-state index contributed by atoms with van der Waals surface area (Å²) in [4.78, 5) is 0. The van der Waals surface area contributed by atoms with E-state index in [2.05, 4.69) is 13.8 Å². The van der Waals surface area contributed by atoms with Crippen molar-refractivity contribution in [3.05, 3.63) is 0 Å². The summed E-state index contributed by atoms with van der Waals surface area (Å²) in [6, 6.07) is 0. The minimum atomic E-state index is -0.534. The van der Waals surface area contributed by atoms with Crippen LogP contribution in [0.4, 0.5) is 0 Å². The van der Waals surface area contributed by atoms with Crippen LogP contribution < -0.4 is 0 Å². The van der Waals surface area contributed by atoms with Crippen LogP contribution in [0.2, 0.25) is 0 Å². The van der Waals surface area contributed by atoms with Crippen LogP contribution in [0.1, 0.15) is 71.6 Å². The molecule has 0 aliphatic heterocycles. The zero-order valence-electron chi connectivity index (χ0n) is 15.5. The van der Waals surface area contributed by atoms with E-state index in [0.29, 0.717) is 11.3 Å². The van der Waals surface area contributed by atoms with Gasteiger partial charge in [0, 0.05) is 0 Å². The molecule has 3 nitrogen and oxygen atoms in total. The Hall–Kier alpha value is -0.120. The van der Waals surface area contributed by atoms with E-state index in [1.807, 2.05) is 0 Å². The molecule has 0 bridgehead atoms. The maximum atomic E-state index is 10.3. The van der Waals surface area contributed by atoms with Crippen molar-refractivity contribution >= 4 is 0 Å². The van der Waals surface area contributed by atoms with Crippen molar-refractivity contribution < 1.29 is 15.3 Å². The van der Waals surface area contributed by atoms with Gasteiger partial charge in [0.1, 0.15) is 0 Å². The molecule has 0 aromatic rings. The highest BCUT2D eigenvalue weighted by molar-refractivity contribution is 5.10. The lowest BCUT2D eigenvalue weighted by molar-refractivity contribution is -0.134. The van der Waals surface area contributed by atoms with Crippen LogP contribution in [0, 0.1) is 40.4 Å². The summed E-state index contributed by atoms with van der Waals surface area (Å²) in [7, 11) is 0. The van der Waals surface area contributed by atoms with E-state index >= 15 is 0 Å². The van der Waals surface area contributed by atoms with Gasteiger partial charge in [0.25, 0.3) is 0 Å². The highest BCUT2D eigenvalue weighted by Gasteiger charge is 2.60. The summed E-state index contributed by atoms with van der Waals surface area (Å²) in [5.74, 6) is 3.34. The van der Waals surface area contributed by atoms with Gasteiger partial charge in [0.05, 0.1) is 18.8 Å². The molecular weight excluding hydrogens is 300 g/mol. The van der Waals surface area contributed by atoms with Crippen molar-refractivity contribution in [3.63, 3.8) is 0 Å². The molecular formula is C21H36O3. The van der Waals surface area contributed by atoms with Crippen molar-refractivity contribution in [1.82, 2.24) is 0 Å². The summed E-state index contributed by atoms with van der Waals surface area (Å²) in [6.45, 7) is 4.85. The van der Waals surface area contributed by atoms with E-state index in [0.717, 1.165) is 37.0 Å². The average molecular weight is 337 g/mol. The number of hydrogen-bond acceptors (Lipinski definition) is 3.